The molecule has 0 radical (unpaired) electrons. The van der Waals surface area contributed by atoms with E-state index in [1.54, 1.807) is 0 Å². The molecule has 0 nitrogen and oxygen atoms in total. The van der Waals surface area contributed by atoms with E-state index in [1.165, 1.54) is 0 Å². The molecule has 0 atom stereocenters. The van der Waals surface area contributed by atoms with Crippen molar-refractivity contribution in [2.75, 3.05) is 0 Å². The van der Waals surface area contributed by atoms with Gasteiger partial charge in [0.1, 0.15) is 0 Å². The molecule has 0 aliphatic carbocycles. The molecule has 1 rings (SSSR count). The first-order valence-corrected chi connectivity index (χ1v) is 4.60. The van der Waals surface area contributed by atoms with Gasteiger partial charge in [0, 0.05) is 0 Å². The van der Waals surface area contributed by atoms with Crippen molar-refractivity contribution in [3.63, 3.8) is 0 Å². The summed E-state index contributed by atoms with van der Waals surface area (Å²) >= 11 is 2.21. The van der Waals surface area contributed by atoms with E-state index in [2.05, 4.69) is 24.9 Å². The third-order valence-electron chi connectivity index (χ3n) is 0.667. The first-order chi connectivity index (χ1) is 4.00. The van der Waals surface area contributed by atoms with Crippen molar-refractivity contribution in [1.29, 1.82) is 0 Å². The van der Waals surface area contributed by atoms with Crippen LogP contribution in [0.3, 0.4) is 0 Å². The number of hydrogen-bond acceptors (Lipinski definition) is 1. The van der Waals surface area contributed by atoms with Crippen molar-refractivity contribution in [2.45, 2.75) is 0 Å². The third kappa shape index (κ3) is 4.13. The molecule has 0 bridgehead atoms. The topological polar surface area (TPSA) is 0 Å². The zero-order chi connectivity index (χ0) is 6.24. The molecule has 0 N–H and O–H groups in total. The molecule has 0 aliphatic rings. The number of benzene rings is 1. The van der Waals surface area contributed by atoms with Crippen LogP contribution < -0.4 is 0 Å². The summed E-state index contributed by atoms with van der Waals surface area (Å²) in [5, 5.41) is 0. The zero-order valence-corrected chi connectivity index (χ0v) is 6.81. The maximum absolute atomic E-state index is 3.96. The van der Waals surface area contributed by atoms with Crippen LogP contribution in [0.4, 0.5) is 0 Å². The van der Waals surface area contributed by atoms with Crippen LogP contribution in [0.5, 0.6) is 0 Å². The van der Waals surface area contributed by atoms with Gasteiger partial charge in [0.25, 0.3) is 0 Å². The zero-order valence-electron chi connectivity index (χ0n) is 4.28. The second kappa shape index (κ2) is 6.96. The Kier molecular flexibility index (Phi) is 6.92. The average Bonchev–Trinajstić information content (AvgIpc) is 1.96. The van der Waals surface area contributed by atoms with Gasteiger partial charge >= 0.3 is 24.9 Å². The number of rotatable bonds is 0. The van der Waals surface area contributed by atoms with Crippen LogP contribution >= 0.6 is 10.6 Å². The van der Waals surface area contributed by atoms with Gasteiger partial charge in [-0.1, -0.05) is 36.4 Å². The normalized spacial score (nSPS) is 6.50. The minimum absolute atomic E-state index is 2.00. The fourth-order valence-corrected chi connectivity index (χ4v) is 0.385. The van der Waals surface area contributed by atoms with Gasteiger partial charge < -0.3 is 0 Å². The molecule has 0 aromatic heterocycles. The maximum Gasteiger partial charge on any atom is -0.0623 e. The molecule has 0 saturated carbocycles. The molecule has 0 heterocycles. The van der Waals surface area contributed by atoms with Crippen molar-refractivity contribution in [2.24, 2.45) is 0 Å². The van der Waals surface area contributed by atoms with Gasteiger partial charge in [-0.3, -0.25) is 0 Å². The quantitative estimate of drug-likeness (QED) is 0.562. The Morgan fingerprint density at radius 2 is 0.750 bits per heavy atom. The van der Waals surface area contributed by atoms with Gasteiger partial charge in [0.15, 0.2) is 0 Å². The van der Waals surface area contributed by atoms with Gasteiger partial charge in [-0.2, -0.15) is 0 Å². The summed E-state index contributed by atoms with van der Waals surface area (Å²) in [5.74, 6) is 0. The van der Waals surface area contributed by atoms with E-state index in [1.807, 2.05) is 36.4 Å². The van der Waals surface area contributed by atoms with E-state index < -0.39 is 0 Å². The molecule has 0 amide bonds. The Labute approximate surface area is 61.6 Å². The summed E-state index contributed by atoms with van der Waals surface area (Å²) in [6.07, 6.45) is 0. The Morgan fingerprint density at radius 1 is 0.625 bits per heavy atom. The summed E-state index contributed by atoms with van der Waals surface area (Å²) in [4.78, 5) is 0. The minimum Gasteiger partial charge on any atom is -0.0623 e. The fraction of sp³-hybridized carbons (Fsp3) is 0. The molecule has 0 spiro atoms. The van der Waals surface area contributed by atoms with E-state index in [0.717, 1.165) is 0 Å². The smallest absolute Gasteiger partial charge is 0.0623 e. The fourth-order valence-electron chi connectivity index (χ4n) is 0.385. The molecule has 0 fully saturated rings. The van der Waals surface area contributed by atoms with Gasteiger partial charge in [-0.25, -0.2) is 0 Å². The van der Waals surface area contributed by atoms with Crippen LogP contribution in [0.1, 0.15) is 0 Å². The first kappa shape index (κ1) is 7.96. The van der Waals surface area contributed by atoms with Gasteiger partial charge in [0.05, 0.1) is 0 Å². The predicted octanol–water partition coefficient (Wildman–Crippen LogP) is 1.95. The summed E-state index contributed by atoms with van der Waals surface area (Å²) in [6.45, 7) is 0. The van der Waals surface area contributed by atoms with E-state index in [0.29, 0.717) is 0 Å². The van der Waals surface area contributed by atoms with Crippen LogP contribution in [0.15, 0.2) is 36.4 Å². The minimum atomic E-state index is 2.00. The van der Waals surface area contributed by atoms with Crippen molar-refractivity contribution < 1.29 is 0 Å². The average molecular weight is 189 g/mol. The monoisotopic (exact) mass is 190 g/mol. The SMILES string of the molecule is S=[Se].c1ccccc1. The molecule has 0 aliphatic heterocycles. The predicted molar refractivity (Wildman–Crippen MR) is 39.8 cm³/mol. The summed E-state index contributed by atoms with van der Waals surface area (Å²) in [5.41, 5.74) is 0. The van der Waals surface area contributed by atoms with Crippen molar-refractivity contribution in [1.82, 2.24) is 0 Å². The maximum atomic E-state index is 3.96. The van der Waals surface area contributed by atoms with Crippen LogP contribution in [0, 0.1) is 0 Å². The molecule has 2 heteroatoms. The Morgan fingerprint density at radius 3 is 0.875 bits per heavy atom. The largest absolute Gasteiger partial charge is 0.0623 e. The van der Waals surface area contributed by atoms with Crippen molar-refractivity contribution in [3.8, 4) is 0 Å². The van der Waals surface area contributed by atoms with E-state index in [4.69, 9.17) is 0 Å². The standard InChI is InChI=1S/C6H6.SSe/c1-2-4-6-5-3-1;1-2/h1-6H;. The number of hydrogen-bond donors (Lipinski definition) is 0. The first-order valence-electron chi connectivity index (χ1n) is 2.17. The van der Waals surface area contributed by atoms with E-state index >= 15 is 0 Å². The molecule has 8 heavy (non-hydrogen) atoms. The van der Waals surface area contributed by atoms with Gasteiger partial charge in [-0.05, 0) is 0 Å². The van der Waals surface area contributed by atoms with Crippen LogP contribution in [0.25, 0.3) is 0 Å². The summed E-state index contributed by atoms with van der Waals surface area (Å²) in [7, 11) is 3.96. The molecule has 1 aromatic carbocycles. The molecule has 0 saturated heterocycles. The van der Waals surface area contributed by atoms with Crippen LogP contribution in [-0.4, -0.2) is 14.4 Å². The van der Waals surface area contributed by atoms with Gasteiger partial charge in [0.2, 0.25) is 0 Å². The summed E-state index contributed by atoms with van der Waals surface area (Å²) in [6, 6.07) is 12.0. The molecular weight excluding hydrogens is 183 g/mol. The molecule has 0 unspecified atom stereocenters. The van der Waals surface area contributed by atoms with Crippen LogP contribution in [0.2, 0.25) is 0 Å². The molecule has 42 valence electrons. The third-order valence-corrected chi connectivity index (χ3v) is 0.667. The van der Waals surface area contributed by atoms with E-state index in [-0.39, 0.29) is 0 Å². The Balaban J connectivity index is 0.000000222. The molecular formula is C6H6SSe. The second-order valence-electron chi connectivity index (χ2n) is 1.15. The summed E-state index contributed by atoms with van der Waals surface area (Å²) < 4.78 is 0. The van der Waals surface area contributed by atoms with Gasteiger partial charge in [-0.15, -0.1) is 0 Å². The van der Waals surface area contributed by atoms with Crippen molar-refractivity contribution in [3.05, 3.63) is 36.4 Å². The van der Waals surface area contributed by atoms with E-state index in [9.17, 15) is 0 Å². The Bertz CT molecular complexity index is 91.4. The van der Waals surface area contributed by atoms with Crippen molar-refractivity contribution >= 4 is 24.9 Å². The Hall–Kier alpha value is -0.0405. The molecule has 1 aromatic rings. The second-order valence-corrected chi connectivity index (χ2v) is 1.15. The van der Waals surface area contributed by atoms with Crippen LogP contribution in [-0.2, 0) is 0 Å².